The summed E-state index contributed by atoms with van der Waals surface area (Å²) in [6.45, 7) is 6.02. The second kappa shape index (κ2) is 5.48. The lowest BCUT2D eigenvalue weighted by molar-refractivity contribution is -0.123. The van der Waals surface area contributed by atoms with Crippen molar-refractivity contribution in [3.8, 4) is 11.5 Å². The van der Waals surface area contributed by atoms with E-state index in [0.29, 0.717) is 5.75 Å². The Morgan fingerprint density at radius 1 is 1.26 bits per heavy atom. The highest BCUT2D eigenvalue weighted by atomic mass is 16.7. The molecule has 1 heterocycles. The lowest BCUT2D eigenvalue weighted by Gasteiger charge is -2.20. The van der Waals surface area contributed by atoms with E-state index in [2.05, 4.69) is 5.32 Å². The molecule has 0 saturated heterocycles. The molecule has 2 rings (SSSR count). The van der Waals surface area contributed by atoms with E-state index in [0.717, 1.165) is 11.3 Å². The second-order valence-electron chi connectivity index (χ2n) is 5.11. The second-order valence-corrected chi connectivity index (χ2v) is 5.11. The van der Waals surface area contributed by atoms with Crippen molar-refractivity contribution in [3.05, 3.63) is 23.8 Å². The van der Waals surface area contributed by atoms with Gasteiger partial charge in [0.25, 0.3) is 0 Å². The normalized spacial score (nSPS) is 16.3. The average Bonchev–Trinajstić information content (AvgIpc) is 2.84. The smallest absolute Gasteiger partial charge is 0.237 e. The molecule has 1 amide bonds. The van der Waals surface area contributed by atoms with Gasteiger partial charge in [-0.05, 0) is 30.5 Å². The Morgan fingerprint density at radius 2 is 1.95 bits per heavy atom. The number of amides is 1. The predicted molar refractivity (Wildman–Crippen MR) is 71.9 cm³/mol. The zero-order valence-electron chi connectivity index (χ0n) is 11.5. The summed E-state index contributed by atoms with van der Waals surface area (Å²) in [5.74, 6) is 1.43. The van der Waals surface area contributed by atoms with Crippen LogP contribution >= 0.6 is 0 Å². The fourth-order valence-electron chi connectivity index (χ4n) is 1.88. The Balaban J connectivity index is 2.04. The highest BCUT2D eigenvalue weighted by molar-refractivity contribution is 5.82. The van der Waals surface area contributed by atoms with Crippen molar-refractivity contribution < 1.29 is 14.3 Å². The van der Waals surface area contributed by atoms with Crippen LogP contribution in [0.15, 0.2) is 18.2 Å². The Kier molecular flexibility index (Phi) is 3.95. The monoisotopic (exact) mass is 264 g/mol. The van der Waals surface area contributed by atoms with Crippen molar-refractivity contribution in [3.63, 3.8) is 0 Å². The molecule has 0 fully saturated rings. The summed E-state index contributed by atoms with van der Waals surface area (Å²) >= 11 is 0. The predicted octanol–water partition coefficient (Wildman–Crippen LogP) is 1.58. The maximum Gasteiger partial charge on any atom is 0.237 e. The standard InChI is InChI=1S/C14H20N2O3/c1-8(2)13(15)14(17)16-9(3)10-4-5-11-12(6-10)19-7-18-11/h4-6,8-9,13H,7,15H2,1-3H3,(H,16,17)/t9?,13-/m1/s1. The van der Waals surface area contributed by atoms with Gasteiger partial charge in [-0.15, -0.1) is 0 Å². The Morgan fingerprint density at radius 3 is 2.63 bits per heavy atom. The Labute approximate surface area is 113 Å². The molecule has 1 aromatic carbocycles. The fourth-order valence-corrected chi connectivity index (χ4v) is 1.88. The molecule has 1 aliphatic heterocycles. The third kappa shape index (κ3) is 2.98. The summed E-state index contributed by atoms with van der Waals surface area (Å²) in [7, 11) is 0. The first-order chi connectivity index (χ1) is 8.99. The molecule has 19 heavy (non-hydrogen) atoms. The van der Waals surface area contributed by atoms with Gasteiger partial charge in [-0.2, -0.15) is 0 Å². The molecule has 0 saturated carbocycles. The zero-order chi connectivity index (χ0) is 14.0. The molecule has 0 aromatic heterocycles. The topological polar surface area (TPSA) is 73.6 Å². The number of carbonyl (C=O) groups is 1. The number of rotatable bonds is 4. The summed E-state index contributed by atoms with van der Waals surface area (Å²) in [6, 6.07) is 5.04. The summed E-state index contributed by atoms with van der Waals surface area (Å²) in [5, 5.41) is 2.91. The van der Waals surface area contributed by atoms with Gasteiger partial charge in [-0.3, -0.25) is 4.79 Å². The number of ether oxygens (including phenoxy) is 2. The number of hydrogen-bond donors (Lipinski definition) is 2. The molecule has 1 aliphatic rings. The molecule has 2 atom stereocenters. The number of nitrogens with one attached hydrogen (secondary N) is 1. The van der Waals surface area contributed by atoms with Crippen LogP contribution in [0.3, 0.4) is 0 Å². The Bertz CT molecular complexity index is 474. The van der Waals surface area contributed by atoms with Crippen molar-refractivity contribution >= 4 is 5.91 Å². The van der Waals surface area contributed by atoms with Gasteiger partial charge in [0.1, 0.15) is 0 Å². The molecule has 104 valence electrons. The maximum absolute atomic E-state index is 11.9. The number of benzene rings is 1. The maximum atomic E-state index is 11.9. The van der Waals surface area contributed by atoms with Gasteiger partial charge in [0.15, 0.2) is 11.5 Å². The van der Waals surface area contributed by atoms with Crippen LogP contribution in [0.1, 0.15) is 32.4 Å². The summed E-state index contributed by atoms with van der Waals surface area (Å²) < 4.78 is 10.6. The molecule has 3 N–H and O–H groups in total. The molecule has 1 aromatic rings. The largest absolute Gasteiger partial charge is 0.454 e. The molecule has 5 heteroatoms. The van der Waals surface area contributed by atoms with Gasteiger partial charge in [-0.25, -0.2) is 0 Å². The molecular formula is C14H20N2O3. The molecule has 0 radical (unpaired) electrons. The number of nitrogens with two attached hydrogens (primary N) is 1. The lowest BCUT2D eigenvalue weighted by Crippen LogP contribution is -2.44. The number of hydrogen-bond acceptors (Lipinski definition) is 4. The number of carbonyl (C=O) groups excluding carboxylic acids is 1. The Hall–Kier alpha value is -1.75. The van der Waals surface area contributed by atoms with Crippen molar-refractivity contribution in [1.82, 2.24) is 5.32 Å². The quantitative estimate of drug-likeness (QED) is 0.866. The SMILES string of the molecule is CC(NC(=O)[C@H](N)C(C)C)c1ccc2c(c1)OCO2. The van der Waals surface area contributed by atoms with E-state index < -0.39 is 6.04 Å². The van der Waals surface area contributed by atoms with E-state index in [1.807, 2.05) is 39.0 Å². The summed E-state index contributed by atoms with van der Waals surface area (Å²) in [6.07, 6.45) is 0. The van der Waals surface area contributed by atoms with Crippen LogP contribution in [0.4, 0.5) is 0 Å². The van der Waals surface area contributed by atoms with Crippen LogP contribution < -0.4 is 20.5 Å². The van der Waals surface area contributed by atoms with Gasteiger partial charge in [0.05, 0.1) is 12.1 Å². The molecular weight excluding hydrogens is 244 g/mol. The lowest BCUT2D eigenvalue weighted by atomic mass is 10.0. The van der Waals surface area contributed by atoms with E-state index in [-0.39, 0.29) is 24.7 Å². The van der Waals surface area contributed by atoms with Crippen molar-refractivity contribution in [1.29, 1.82) is 0 Å². The van der Waals surface area contributed by atoms with Gasteiger partial charge in [0.2, 0.25) is 12.7 Å². The van der Waals surface area contributed by atoms with Crippen LogP contribution in [-0.2, 0) is 4.79 Å². The minimum absolute atomic E-state index is 0.115. The zero-order valence-corrected chi connectivity index (χ0v) is 11.5. The first-order valence-electron chi connectivity index (χ1n) is 6.44. The first-order valence-corrected chi connectivity index (χ1v) is 6.44. The third-order valence-corrected chi connectivity index (χ3v) is 3.28. The minimum Gasteiger partial charge on any atom is -0.454 e. The highest BCUT2D eigenvalue weighted by Crippen LogP contribution is 2.34. The van der Waals surface area contributed by atoms with Crippen LogP contribution in [0.2, 0.25) is 0 Å². The van der Waals surface area contributed by atoms with Crippen molar-refractivity contribution in [2.24, 2.45) is 11.7 Å². The van der Waals surface area contributed by atoms with Crippen LogP contribution in [0, 0.1) is 5.92 Å². The van der Waals surface area contributed by atoms with Crippen LogP contribution in [0.25, 0.3) is 0 Å². The summed E-state index contributed by atoms with van der Waals surface area (Å²) in [4.78, 5) is 11.9. The minimum atomic E-state index is -0.489. The molecule has 1 unspecified atom stereocenters. The average molecular weight is 264 g/mol. The summed E-state index contributed by atoms with van der Waals surface area (Å²) in [5.41, 5.74) is 6.79. The van der Waals surface area contributed by atoms with E-state index >= 15 is 0 Å². The number of fused-ring (bicyclic) bond motifs is 1. The highest BCUT2D eigenvalue weighted by Gasteiger charge is 2.21. The van der Waals surface area contributed by atoms with E-state index in [1.165, 1.54) is 0 Å². The molecule has 5 nitrogen and oxygen atoms in total. The van der Waals surface area contributed by atoms with Gasteiger partial charge < -0.3 is 20.5 Å². The van der Waals surface area contributed by atoms with Crippen molar-refractivity contribution in [2.45, 2.75) is 32.9 Å². The van der Waals surface area contributed by atoms with E-state index in [9.17, 15) is 4.79 Å². The molecule has 0 spiro atoms. The van der Waals surface area contributed by atoms with Crippen LogP contribution in [0.5, 0.6) is 11.5 Å². The van der Waals surface area contributed by atoms with E-state index in [1.54, 1.807) is 0 Å². The van der Waals surface area contributed by atoms with Crippen LogP contribution in [-0.4, -0.2) is 18.7 Å². The van der Waals surface area contributed by atoms with Gasteiger partial charge >= 0.3 is 0 Å². The van der Waals surface area contributed by atoms with Gasteiger partial charge in [0, 0.05) is 0 Å². The van der Waals surface area contributed by atoms with Crippen molar-refractivity contribution in [2.75, 3.05) is 6.79 Å². The fraction of sp³-hybridized carbons (Fsp3) is 0.500. The first kappa shape index (κ1) is 13.7. The van der Waals surface area contributed by atoms with E-state index in [4.69, 9.17) is 15.2 Å². The third-order valence-electron chi connectivity index (χ3n) is 3.28. The molecule has 0 aliphatic carbocycles. The van der Waals surface area contributed by atoms with Gasteiger partial charge in [-0.1, -0.05) is 19.9 Å². The molecule has 0 bridgehead atoms.